The molecular weight excluding hydrogens is 406 g/mol. The smallest absolute Gasteiger partial charge is 0.313 e. The number of sulfonamides is 1. The van der Waals surface area contributed by atoms with E-state index in [1.54, 1.807) is 19.1 Å². The molecule has 0 bridgehead atoms. The zero-order valence-electron chi connectivity index (χ0n) is 16.9. The number of hydrogen-bond acceptors (Lipinski definition) is 5. The number of carbonyl (C=O) groups is 2. The maximum atomic E-state index is 12.4. The van der Waals surface area contributed by atoms with E-state index in [2.05, 4.69) is 10.6 Å². The Bertz CT molecular complexity index is 1020. The molecule has 1 saturated heterocycles. The van der Waals surface area contributed by atoms with Gasteiger partial charge in [0.1, 0.15) is 5.75 Å². The van der Waals surface area contributed by atoms with Gasteiger partial charge in [0.15, 0.2) is 0 Å². The molecule has 1 fully saturated rings. The standard InChI is InChI=1S/C21H25N3O5S/c1-15(16-8-4-3-5-9-16)22-20(25)21(26)23-17-10-11-18(19(14-17)29-2)24-12-6-7-13-30(24,27)28/h3-5,8-11,14-15H,6-7,12-13H2,1-2H3,(H,22,25)(H,23,26). The molecule has 0 aromatic heterocycles. The average molecular weight is 432 g/mol. The van der Waals surface area contributed by atoms with Gasteiger partial charge in [-0.1, -0.05) is 30.3 Å². The molecule has 1 aliphatic rings. The molecule has 1 unspecified atom stereocenters. The summed E-state index contributed by atoms with van der Waals surface area (Å²) < 4.78 is 31.4. The number of hydrogen-bond donors (Lipinski definition) is 2. The van der Waals surface area contributed by atoms with Crippen molar-refractivity contribution in [1.82, 2.24) is 5.32 Å². The van der Waals surface area contributed by atoms with Crippen molar-refractivity contribution in [2.24, 2.45) is 0 Å². The Morgan fingerprint density at radius 2 is 1.80 bits per heavy atom. The maximum absolute atomic E-state index is 12.4. The number of nitrogens with zero attached hydrogens (tertiary/aromatic N) is 1. The fourth-order valence-electron chi connectivity index (χ4n) is 3.30. The summed E-state index contributed by atoms with van der Waals surface area (Å²) in [5, 5.41) is 5.17. The zero-order valence-corrected chi connectivity index (χ0v) is 17.7. The summed E-state index contributed by atoms with van der Waals surface area (Å²) in [4.78, 5) is 24.5. The number of nitrogens with one attached hydrogen (secondary N) is 2. The second kappa shape index (κ2) is 9.17. The second-order valence-corrected chi connectivity index (χ2v) is 9.05. The molecular formula is C21H25N3O5S. The highest BCUT2D eigenvalue weighted by atomic mass is 32.2. The zero-order chi connectivity index (χ0) is 21.7. The summed E-state index contributed by atoms with van der Waals surface area (Å²) in [7, 11) is -1.97. The van der Waals surface area contributed by atoms with Crippen molar-refractivity contribution in [3.8, 4) is 5.75 Å². The summed E-state index contributed by atoms with van der Waals surface area (Å²) in [6.45, 7) is 2.17. The number of rotatable bonds is 5. The van der Waals surface area contributed by atoms with Gasteiger partial charge in [-0.25, -0.2) is 8.42 Å². The highest BCUT2D eigenvalue weighted by Crippen LogP contribution is 2.34. The first kappa shape index (κ1) is 21.6. The van der Waals surface area contributed by atoms with Crippen LogP contribution in [0.1, 0.15) is 31.4 Å². The van der Waals surface area contributed by atoms with Crippen LogP contribution in [0.25, 0.3) is 0 Å². The van der Waals surface area contributed by atoms with Gasteiger partial charge in [-0.05, 0) is 37.5 Å². The molecule has 0 radical (unpaired) electrons. The third-order valence-electron chi connectivity index (χ3n) is 4.91. The Morgan fingerprint density at radius 3 is 2.47 bits per heavy atom. The van der Waals surface area contributed by atoms with Crippen LogP contribution in [0.3, 0.4) is 0 Å². The SMILES string of the molecule is COc1cc(NC(=O)C(=O)NC(C)c2ccccc2)ccc1N1CCCCS1(=O)=O. The van der Waals surface area contributed by atoms with E-state index in [1.807, 2.05) is 30.3 Å². The number of ether oxygens (including phenoxy) is 1. The van der Waals surface area contributed by atoms with E-state index in [4.69, 9.17) is 4.74 Å². The Morgan fingerprint density at radius 1 is 1.07 bits per heavy atom. The molecule has 1 atom stereocenters. The molecule has 0 spiro atoms. The van der Waals surface area contributed by atoms with Gasteiger partial charge in [0.25, 0.3) is 0 Å². The van der Waals surface area contributed by atoms with Gasteiger partial charge in [0, 0.05) is 18.3 Å². The van der Waals surface area contributed by atoms with Crippen LogP contribution in [-0.4, -0.2) is 39.6 Å². The number of methoxy groups -OCH3 is 1. The Kier molecular flexibility index (Phi) is 6.61. The first-order valence-corrected chi connectivity index (χ1v) is 11.3. The lowest BCUT2D eigenvalue weighted by molar-refractivity contribution is -0.136. The van der Waals surface area contributed by atoms with E-state index in [0.29, 0.717) is 30.1 Å². The van der Waals surface area contributed by atoms with Crippen molar-refractivity contribution in [1.29, 1.82) is 0 Å². The van der Waals surface area contributed by atoms with E-state index in [0.717, 1.165) is 12.0 Å². The van der Waals surface area contributed by atoms with E-state index < -0.39 is 21.8 Å². The Hall–Kier alpha value is -3.07. The molecule has 2 aromatic carbocycles. The van der Waals surface area contributed by atoms with Crippen LogP contribution in [0.5, 0.6) is 5.75 Å². The number of carbonyl (C=O) groups excluding carboxylic acids is 2. The molecule has 9 heteroatoms. The maximum Gasteiger partial charge on any atom is 0.313 e. The largest absolute Gasteiger partial charge is 0.494 e. The van der Waals surface area contributed by atoms with Gasteiger partial charge in [0.05, 0.1) is 24.6 Å². The van der Waals surface area contributed by atoms with Crippen LogP contribution in [0, 0.1) is 0 Å². The van der Waals surface area contributed by atoms with Crippen molar-refractivity contribution in [2.75, 3.05) is 29.0 Å². The van der Waals surface area contributed by atoms with Gasteiger partial charge >= 0.3 is 11.8 Å². The van der Waals surface area contributed by atoms with Crippen LogP contribution < -0.4 is 19.7 Å². The highest BCUT2D eigenvalue weighted by Gasteiger charge is 2.28. The van der Waals surface area contributed by atoms with Gasteiger partial charge in [-0.3, -0.25) is 13.9 Å². The summed E-state index contributed by atoms with van der Waals surface area (Å²) in [6, 6.07) is 13.6. The van der Waals surface area contributed by atoms with Gasteiger partial charge in [0.2, 0.25) is 10.0 Å². The molecule has 2 N–H and O–H groups in total. The molecule has 30 heavy (non-hydrogen) atoms. The Balaban J connectivity index is 1.70. The van der Waals surface area contributed by atoms with Crippen LogP contribution in [0.4, 0.5) is 11.4 Å². The van der Waals surface area contributed by atoms with Crippen molar-refractivity contribution < 1.29 is 22.7 Å². The van der Waals surface area contributed by atoms with Crippen LogP contribution in [-0.2, 0) is 19.6 Å². The van der Waals surface area contributed by atoms with Crippen molar-refractivity contribution in [3.05, 3.63) is 54.1 Å². The van der Waals surface area contributed by atoms with E-state index in [9.17, 15) is 18.0 Å². The molecule has 1 aliphatic heterocycles. The molecule has 160 valence electrons. The van der Waals surface area contributed by atoms with Crippen molar-refractivity contribution in [2.45, 2.75) is 25.8 Å². The average Bonchev–Trinajstić information content (AvgIpc) is 2.74. The van der Waals surface area contributed by atoms with Crippen LogP contribution in [0.15, 0.2) is 48.5 Å². The summed E-state index contributed by atoms with van der Waals surface area (Å²) in [6.07, 6.45) is 1.40. The van der Waals surface area contributed by atoms with Crippen molar-refractivity contribution in [3.63, 3.8) is 0 Å². The fraction of sp³-hybridized carbons (Fsp3) is 0.333. The summed E-state index contributed by atoms with van der Waals surface area (Å²) in [5.41, 5.74) is 1.63. The fourth-order valence-corrected chi connectivity index (χ4v) is 4.94. The molecule has 3 rings (SSSR count). The van der Waals surface area contributed by atoms with Crippen LogP contribution in [0.2, 0.25) is 0 Å². The predicted octanol–water partition coefficient (Wildman–Crippen LogP) is 2.44. The number of amides is 2. The monoisotopic (exact) mass is 431 g/mol. The van der Waals surface area contributed by atoms with E-state index >= 15 is 0 Å². The Labute approximate surface area is 176 Å². The molecule has 2 amide bonds. The first-order chi connectivity index (χ1) is 14.3. The minimum absolute atomic E-state index is 0.0917. The first-order valence-electron chi connectivity index (χ1n) is 9.67. The van der Waals surface area contributed by atoms with Gasteiger partial charge in [-0.15, -0.1) is 0 Å². The van der Waals surface area contributed by atoms with Gasteiger partial charge in [-0.2, -0.15) is 0 Å². The summed E-state index contributed by atoms with van der Waals surface area (Å²) >= 11 is 0. The lowest BCUT2D eigenvalue weighted by atomic mass is 10.1. The highest BCUT2D eigenvalue weighted by molar-refractivity contribution is 7.92. The third-order valence-corrected chi connectivity index (χ3v) is 6.76. The van der Waals surface area contributed by atoms with E-state index in [1.165, 1.54) is 17.5 Å². The number of anilines is 2. The van der Waals surface area contributed by atoms with E-state index in [-0.39, 0.29) is 11.8 Å². The minimum Gasteiger partial charge on any atom is -0.494 e. The quantitative estimate of drug-likeness (QED) is 0.708. The molecule has 1 heterocycles. The van der Waals surface area contributed by atoms with Crippen molar-refractivity contribution >= 4 is 33.2 Å². The summed E-state index contributed by atoms with van der Waals surface area (Å²) in [5.74, 6) is -1.20. The lowest BCUT2D eigenvalue weighted by Crippen LogP contribution is -2.38. The molecule has 0 aliphatic carbocycles. The predicted molar refractivity (Wildman–Crippen MR) is 115 cm³/mol. The second-order valence-electron chi connectivity index (χ2n) is 7.04. The molecule has 2 aromatic rings. The number of benzene rings is 2. The minimum atomic E-state index is -3.40. The topological polar surface area (TPSA) is 105 Å². The van der Waals surface area contributed by atoms with Crippen LogP contribution >= 0.6 is 0 Å². The normalized spacial score (nSPS) is 16.4. The lowest BCUT2D eigenvalue weighted by Gasteiger charge is -2.29. The van der Waals surface area contributed by atoms with Gasteiger partial charge < -0.3 is 15.4 Å². The molecule has 8 nitrogen and oxygen atoms in total. The molecule has 0 saturated carbocycles. The third kappa shape index (κ3) is 4.91.